The molecular formula is C38H41N13O5. The Bertz CT molecular complexity index is 2440. The van der Waals surface area contributed by atoms with Crippen molar-refractivity contribution in [3.05, 3.63) is 84.5 Å². The van der Waals surface area contributed by atoms with Crippen LogP contribution in [0, 0.1) is 12.8 Å². The third-order valence-corrected chi connectivity index (χ3v) is 10.1. The van der Waals surface area contributed by atoms with Crippen LogP contribution in [0.25, 0.3) is 27.9 Å². The number of allylic oxidation sites excluding steroid dienone is 1. The van der Waals surface area contributed by atoms with Crippen LogP contribution in [-0.4, -0.2) is 123 Å². The molecule has 18 nitrogen and oxygen atoms in total. The van der Waals surface area contributed by atoms with Gasteiger partial charge in [-0.2, -0.15) is 15.1 Å². The van der Waals surface area contributed by atoms with Crippen molar-refractivity contribution >= 4 is 51.4 Å². The van der Waals surface area contributed by atoms with Crippen LogP contribution in [0.3, 0.4) is 0 Å². The average Bonchev–Trinajstić information content (AvgIpc) is 3.62. The van der Waals surface area contributed by atoms with Gasteiger partial charge in [-0.3, -0.25) is 14.4 Å². The molecule has 288 valence electrons. The van der Waals surface area contributed by atoms with Gasteiger partial charge in [0, 0.05) is 56.5 Å². The molecule has 6 heterocycles. The zero-order valence-electron chi connectivity index (χ0n) is 30.9. The highest BCUT2D eigenvalue weighted by molar-refractivity contribution is 6.45. The highest BCUT2D eigenvalue weighted by Crippen LogP contribution is 2.34. The molecule has 1 saturated carbocycles. The Hall–Kier alpha value is -6.69. The minimum absolute atomic E-state index is 0.0891. The molecule has 2 aliphatic carbocycles. The number of imidazole rings is 1. The Morgan fingerprint density at radius 1 is 1.00 bits per heavy atom. The number of nitrogens with zero attached hydrogens (tertiary/aromatic N) is 10. The number of carbonyl (C=O) groups excluding carboxylic acids is 3. The number of aliphatic hydroxyl groups is 1. The summed E-state index contributed by atoms with van der Waals surface area (Å²) in [6, 6.07) is 9.64. The van der Waals surface area contributed by atoms with Gasteiger partial charge in [0.05, 0.1) is 42.1 Å². The second-order valence-corrected chi connectivity index (χ2v) is 13.9. The molecule has 3 aliphatic rings. The number of rotatable bonds is 9. The number of fused-ring (bicyclic) bond motifs is 2. The summed E-state index contributed by atoms with van der Waals surface area (Å²) in [5.74, 6) is 1.16. The van der Waals surface area contributed by atoms with Crippen molar-refractivity contribution in [2.24, 2.45) is 5.92 Å². The van der Waals surface area contributed by atoms with Crippen LogP contribution >= 0.6 is 0 Å². The lowest BCUT2D eigenvalue weighted by molar-refractivity contribution is -0.127. The summed E-state index contributed by atoms with van der Waals surface area (Å²) in [6.07, 6.45) is 13.6. The topological polar surface area (TPSA) is 228 Å². The number of aromatic nitrogens is 9. The summed E-state index contributed by atoms with van der Waals surface area (Å²) in [6.45, 7) is 3.17. The first-order chi connectivity index (χ1) is 27.2. The third-order valence-electron chi connectivity index (χ3n) is 10.1. The lowest BCUT2D eigenvalue weighted by atomic mass is 10.1. The zero-order chi connectivity index (χ0) is 38.9. The molecule has 0 bridgehead atoms. The number of nitrogens with one attached hydrogen (secondary N) is 2. The predicted molar refractivity (Wildman–Crippen MR) is 205 cm³/mol. The van der Waals surface area contributed by atoms with Gasteiger partial charge >= 0.3 is 0 Å². The Labute approximate surface area is 320 Å². The van der Waals surface area contributed by atoms with Crippen LogP contribution in [0.4, 0.5) is 11.8 Å². The van der Waals surface area contributed by atoms with Crippen molar-refractivity contribution in [1.29, 1.82) is 0 Å². The lowest BCUT2D eigenvalue weighted by Crippen LogP contribution is -2.52. The van der Waals surface area contributed by atoms with Gasteiger partial charge < -0.3 is 40.2 Å². The summed E-state index contributed by atoms with van der Waals surface area (Å²) in [4.78, 5) is 66.9. The molecule has 6 aromatic rings. The number of nitrogen functional groups attached to an aromatic ring is 1. The number of anilines is 2. The van der Waals surface area contributed by atoms with E-state index in [0.717, 1.165) is 36.2 Å². The van der Waals surface area contributed by atoms with Gasteiger partial charge in [-0.25, -0.2) is 19.6 Å². The quantitative estimate of drug-likeness (QED) is 0.0946. The van der Waals surface area contributed by atoms with Crippen molar-refractivity contribution in [2.75, 3.05) is 50.9 Å². The number of aliphatic hydroxyl groups excluding tert-OH is 1. The van der Waals surface area contributed by atoms with Gasteiger partial charge in [0.2, 0.25) is 5.95 Å². The minimum Gasteiger partial charge on any atom is -0.494 e. The number of nitrogens with two attached hydrogens (primary N) is 1. The van der Waals surface area contributed by atoms with Gasteiger partial charge in [0.1, 0.15) is 17.9 Å². The highest BCUT2D eigenvalue weighted by atomic mass is 16.5. The van der Waals surface area contributed by atoms with Crippen LogP contribution < -0.4 is 15.8 Å². The van der Waals surface area contributed by atoms with Gasteiger partial charge in [-0.05, 0) is 38.3 Å². The number of benzene rings is 1. The van der Waals surface area contributed by atoms with Gasteiger partial charge in [0.15, 0.2) is 22.8 Å². The van der Waals surface area contributed by atoms with E-state index in [1.807, 2.05) is 28.8 Å². The van der Waals surface area contributed by atoms with Crippen LogP contribution in [0.15, 0.2) is 67.5 Å². The van der Waals surface area contributed by atoms with Crippen molar-refractivity contribution in [3.63, 3.8) is 0 Å². The number of aromatic amines is 1. The molecule has 0 unspecified atom stereocenters. The molecule has 56 heavy (non-hydrogen) atoms. The molecule has 1 aromatic carbocycles. The maximum atomic E-state index is 13.3. The molecule has 2 fully saturated rings. The Morgan fingerprint density at radius 2 is 1.77 bits per heavy atom. The first-order valence-electron chi connectivity index (χ1n) is 18.4. The number of hydrogen-bond donors (Lipinski definition) is 4. The standard InChI is InChI=1S/C24H23N7O4.C14H18N6O/c1-15-27-14-31(28-15)22-20-19(18(35-2)13-26-22)17(12-25-20)21(32)24(34)30-10-8-29(9-11-30)23(33)16-6-4-3-5-7-16;15-14-18-12(17-9-2-3-9)11-13(19-14)20(7-16-11)10-4-1-8(5-10)6-21/h3-7,12-14,25H,8-11H2,1-2H3;1,4,7-10,21H,2-3,5-6H2,(H3,15,17,18,19)/t;8-,10+/m.1/s1. The molecule has 1 aliphatic heterocycles. The summed E-state index contributed by atoms with van der Waals surface area (Å²) < 4.78 is 8.94. The fraction of sp³-hybridized carbons (Fsp3) is 0.342. The molecule has 5 N–H and O–H groups in total. The number of amides is 2. The van der Waals surface area contributed by atoms with Crippen molar-refractivity contribution < 1.29 is 24.2 Å². The Balaban J connectivity index is 0.000000178. The number of H-pyrrole nitrogens is 1. The molecule has 2 atom stereocenters. The fourth-order valence-corrected chi connectivity index (χ4v) is 6.99. The normalized spacial score (nSPS) is 17.9. The van der Waals surface area contributed by atoms with Crippen molar-refractivity contribution in [3.8, 4) is 11.6 Å². The first kappa shape index (κ1) is 36.3. The largest absolute Gasteiger partial charge is 0.494 e. The SMILES string of the molecule is COc1cnc(-n2cnc(C)n2)c2[nH]cc(C(=O)C(=O)N3CCN(C(=O)c4ccccc4)CC3)c12.Nc1nc(NC2CC2)c2ncn([C@H]3C=C[C@@H](CO)C3)c2n1. The lowest BCUT2D eigenvalue weighted by Gasteiger charge is -2.34. The summed E-state index contributed by atoms with van der Waals surface area (Å²) in [5, 5.41) is 17.3. The fourth-order valence-electron chi connectivity index (χ4n) is 6.99. The van der Waals surface area contributed by atoms with E-state index in [4.69, 9.17) is 10.5 Å². The molecule has 5 aromatic heterocycles. The zero-order valence-corrected chi connectivity index (χ0v) is 30.9. The monoisotopic (exact) mass is 759 g/mol. The number of piperazine rings is 1. The molecule has 18 heteroatoms. The van der Waals surface area contributed by atoms with Crippen LogP contribution in [0.5, 0.6) is 5.75 Å². The number of methoxy groups -OCH3 is 1. The summed E-state index contributed by atoms with van der Waals surface area (Å²) in [5.41, 5.74) is 8.64. The van der Waals surface area contributed by atoms with E-state index in [2.05, 4.69) is 46.4 Å². The van der Waals surface area contributed by atoms with Gasteiger partial charge in [-0.1, -0.05) is 30.4 Å². The number of ketones is 1. The molecule has 0 spiro atoms. The summed E-state index contributed by atoms with van der Waals surface area (Å²) in [7, 11) is 1.47. The Morgan fingerprint density at radius 3 is 2.45 bits per heavy atom. The van der Waals surface area contributed by atoms with Crippen molar-refractivity contribution in [2.45, 2.75) is 38.3 Å². The highest BCUT2D eigenvalue weighted by Gasteiger charge is 2.32. The van der Waals surface area contributed by atoms with Crippen LogP contribution in [0.2, 0.25) is 0 Å². The van der Waals surface area contributed by atoms with E-state index < -0.39 is 11.7 Å². The second kappa shape index (κ2) is 15.2. The van der Waals surface area contributed by atoms with Gasteiger partial charge in [0.25, 0.3) is 17.6 Å². The number of ether oxygens (including phenoxy) is 1. The minimum atomic E-state index is -0.663. The molecule has 9 rings (SSSR count). The van der Waals surface area contributed by atoms with Crippen LogP contribution in [-0.2, 0) is 4.79 Å². The van der Waals surface area contributed by atoms with Crippen molar-refractivity contribution in [1.82, 2.24) is 54.1 Å². The molecular weight excluding hydrogens is 719 g/mol. The van der Waals surface area contributed by atoms with E-state index in [1.54, 1.807) is 30.3 Å². The number of hydrogen-bond acceptors (Lipinski definition) is 13. The van der Waals surface area contributed by atoms with Crippen LogP contribution in [0.1, 0.15) is 51.8 Å². The summed E-state index contributed by atoms with van der Waals surface area (Å²) >= 11 is 0. The van der Waals surface area contributed by atoms with E-state index in [-0.39, 0.29) is 49.1 Å². The van der Waals surface area contributed by atoms with Gasteiger partial charge in [-0.15, -0.1) is 0 Å². The molecule has 2 amide bonds. The van der Waals surface area contributed by atoms with E-state index >= 15 is 0 Å². The maximum absolute atomic E-state index is 13.3. The van der Waals surface area contributed by atoms with E-state index in [0.29, 0.717) is 53.0 Å². The average molecular weight is 760 g/mol. The van der Waals surface area contributed by atoms with E-state index in [1.165, 1.54) is 35.4 Å². The number of Topliss-reactive ketones (excluding diaryl/α,β-unsaturated/α-hetero) is 1. The second-order valence-electron chi connectivity index (χ2n) is 13.9. The number of aryl methyl sites for hydroxylation is 1. The Kier molecular flexibility index (Phi) is 9.86. The first-order valence-corrected chi connectivity index (χ1v) is 18.4. The third kappa shape index (κ3) is 7.13. The molecule has 1 saturated heterocycles. The smallest absolute Gasteiger partial charge is 0.295 e. The maximum Gasteiger partial charge on any atom is 0.295 e. The number of carbonyl (C=O) groups is 3. The predicted octanol–water partition coefficient (Wildman–Crippen LogP) is 2.72. The number of pyridine rings is 1. The molecule has 0 radical (unpaired) electrons. The van der Waals surface area contributed by atoms with E-state index in [9.17, 15) is 19.5 Å².